The quantitative estimate of drug-likeness (QED) is 0.805. The Morgan fingerprint density at radius 3 is 2.61 bits per heavy atom. The van der Waals surface area contributed by atoms with Crippen molar-refractivity contribution in [2.24, 2.45) is 5.41 Å². The van der Waals surface area contributed by atoms with Crippen molar-refractivity contribution in [2.75, 3.05) is 6.54 Å². The molecule has 18 heavy (non-hydrogen) atoms. The predicted octanol–water partition coefficient (Wildman–Crippen LogP) is 2.79. The van der Waals surface area contributed by atoms with Gasteiger partial charge in [-0.25, -0.2) is 0 Å². The van der Waals surface area contributed by atoms with Crippen molar-refractivity contribution in [3.63, 3.8) is 0 Å². The summed E-state index contributed by atoms with van der Waals surface area (Å²) < 4.78 is 2.19. The van der Waals surface area contributed by atoms with E-state index in [4.69, 9.17) is 0 Å². The Balaban J connectivity index is 2.02. The SMILES string of the molecule is CCc1cc(CC2(CNC(C)C)CC2)n(CC)n1. The third-order valence-corrected chi connectivity index (χ3v) is 3.97. The van der Waals surface area contributed by atoms with Crippen molar-refractivity contribution >= 4 is 0 Å². The first-order valence-corrected chi connectivity index (χ1v) is 7.37. The highest BCUT2D eigenvalue weighted by Crippen LogP contribution is 2.47. The largest absolute Gasteiger partial charge is 0.314 e. The van der Waals surface area contributed by atoms with Crippen LogP contribution in [0.2, 0.25) is 0 Å². The Kier molecular flexibility index (Phi) is 4.10. The van der Waals surface area contributed by atoms with Gasteiger partial charge in [-0.15, -0.1) is 0 Å². The maximum absolute atomic E-state index is 4.65. The van der Waals surface area contributed by atoms with Crippen LogP contribution in [0.5, 0.6) is 0 Å². The van der Waals surface area contributed by atoms with Crippen molar-refractivity contribution < 1.29 is 0 Å². The zero-order chi connectivity index (χ0) is 13.2. The third-order valence-electron chi connectivity index (χ3n) is 3.97. The maximum Gasteiger partial charge on any atom is 0.0624 e. The number of hydrogen-bond acceptors (Lipinski definition) is 2. The van der Waals surface area contributed by atoms with E-state index in [-0.39, 0.29) is 0 Å². The van der Waals surface area contributed by atoms with Crippen LogP contribution in [0, 0.1) is 5.41 Å². The Hall–Kier alpha value is -0.830. The normalized spacial score (nSPS) is 17.4. The molecule has 0 amide bonds. The van der Waals surface area contributed by atoms with Crippen molar-refractivity contribution in [3.8, 4) is 0 Å². The lowest BCUT2D eigenvalue weighted by molar-refractivity contribution is 0.416. The van der Waals surface area contributed by atoms with Crippen LogP contribution in [0.3, 0.4) is 0 Å². The van der Waals surface area contributed by atoms with E-state index in [1.807, 2.05) is 0 Å². The van der Waals surface area contributed by atoms with E-state index in [2.05, 4.69) is 48.9 Å². The van der Waals surface area contributed by atoms with E-state index in [1.165, 1.54) is 30.7 Å². The van der Waals surface area contributed by atoms with Crippen LogP contribution < -0.4 is 5.32 Å². The lowest BCUT2D eigenvalue weighted by Crippen LogP contribution is -2.31. The zero-order valence-corrected chi connectivity index (χ0v) is 12.3. The first kappa shape index (κ1) is 13.6. The van der Waals surface area contributed by atoms with Crippen LogP contribution in [0.25, 0.3) is 0 Å². The Morgan fingerprint density at radius 1 is 1.39 bits per heavy atom. The molecule has 1 aromatic heterocycles. The van der Waals surface area contributed by atoms with Crippen LogP contribution in [0.1, 0.15) is 51.9 Å². The van der Waals surface area contributed by atoms with E-state index in [0.29, 0.717) is 11.5 Å². The second kappa shape index (κ2) is 5.43. The molecule has 0 unspecified atom stereocenters. The van der Waals surface area contributed by atoms with Crippen LogP contribution in [-0.4, -0.2) is 22.4 Å². The highest BCUT2D eigenvalue weighted by atomic mass is 15.3. The number of hydrogen-bond donors (Lipinski definition) is 1. The monoisotopic (exact) mass is 249 g/mol. The smallest absolute Gasteiger partial charge is 0.0624 e. The van der Waals surface area contributed by atoms with E-state index in [1.54, 1.807) is 0 Å². The molecule has 2 rings (SSSR count). The van der Waals surface area contributed by atoms with Crippen LogP contribution in [-0.2, 0) is 19.4 Å². The van der Waals surface area contributed by atoms with Gasteiger partial charge in [0.15, 0.2) is 0 Å². The summed E-state index contributed by atoms with van der Waals surface area (Å²) in [5, 5.41) is 8.25. The van der Waals surface area contributed by atoms with Gasteiger partial charge in [0.1, 0.15) is 0 Å². The zero-order valence-electron chi connectivity index (χ0n) is 12.3. The number of nitrogens with one attached hydrogen (secondary N) is 1. The molecule has 1 aliphatic rings. The van der Waals surface area contributed by atoms with Gasteiger partial charge < -0.3 is 5.32 Å². The van der Waals surface area contributed by atoms with Gasteiger partial charge in [-0.2, -0.15) is 5.10 Å². The molecule has 3 heteroatoms. The van der Waals surface area contributed by atoms with E-state index in [9.17, 15) is 0 Å². The second-order valence-corrected chi connectivity index (χ2v) is 6.01. The molecule has 102 valence electrons. The van der Waals surface area contributed by atoms with Crippen LogP contribution in [0.4, 0.5) is 0 Å². The lowest BCUT2D eigenvalue weighted by atomic mass is 9.99. The summed E-state index contributed by atoms with van der Waals surface area (Å²) >= 11 is 0. The molecule has 0 atom stereocenters. The molecule has 1 heterocycles. The van der Waals surface area contributed by atoms with Gasteiger partial charge in [-0.1, -0.05) is 20.8 Å². The predicted molar refractivity (Wildman–Crippen MR) is 75.8 cm³/mol. The van der Waals surface area contributed by atoms with Gasteiger partial charge in [-0.05, 0) is 44.1 Å². The molecule has 1 aromatic rings. The van der Waals surface area contributed by atoms with Gasteiger partial charge in [0.05, 0.1) is 5.69 Å². The lowest BCUT2D eigenvalue weighted by Gasteiger charge is -2.18. The fourth-order valence-corrected chi connectivity index (χ4v) is 2.50. The van der Waals surface area contributed by atoms with Gasteiger partial charge in [0.25, 0.3) is 0 Å². The summed E-state index contributed by atoms with van der Waals surface area (Å²) in [5.74, 6) is 0. The molecule has 0 radical (unpaired) electrons. The molecule has 0 spiro atoms. The molecule has 0 saturated heterocycles. The number of nitrogens with zero attached hydrogens (tertiary/aromatic N) is 2. The van der Waals surface area contributed by atoms with Crippen molar-refractivity contribution in [3.05, 3.63) is 17.5 Å². The molecule has 0 aliphatic heterocycles. The minimum absolute atomic E-state index is 0.516. The van der Waals surface area contributed by atoms with E-state index < -0.39 is 0 Å². The van der Waals surface area contributed by atoms with Crippen LogP contribution >= 0.6 is 0 Å². The topological polar surface area (TPSA) is 29.9 Å². The van der Waals surface area contributed by atoms with Crippen molar-refractivity contribution in [2.45, 2.75) is 66.0 Å². The summed E-state index contributed by atoms with van der Waals surface area (Å²) in [6.45, 7) is 11.0. The van der Waals surface area contributed by atoms with Gasteiger partial charge in [0.2, 0.25) is 0 Å². The highest BCUT2D eigenvalue weighted by Gasteiger charge is 2.42. The molecule has 0 bridgehead atoms. The van der Waals surface area contributed by atoms with Gasteiger partial charge in [-0.3, -0.25) is 4.68 Å². The van der Waals surface area contributed by atoms with E-state index >= 15 is 0 Å². The minimum Gasteiger partial charge on any atom is -0.314 e. The first-order valence-electron chi connectivity index (χ1n) is 7.37. The molecular weight excluding hydrogens is 222 g/mol. The number of rotatable bonds is 7. The number of aryl methyl sites for hydroxylation is 2. The highest BCUT2D eigenvalue weighted by molar-refractivity contribution is 5.15. The van der Waals surface area contributed by atoms with E-state index in [0.717, 1.165) is 19.5 Å². The Bertz CT molecular complexity index is 388. The molecule has 1 N–H and O–H groups in total. The number of aromatic nitrogens is 2. The van der Waals surface area contributed by atoms with Crippen molar-refractivity contribution in [1.29, 1.82) is 0 Å². The molecular formula is C15H27N3. The second-order valence-electron chi connectivity index (χ2n) is 6.01. The summed E-state index contributed by atoms with van der Waals surface area (Å²) in [5.41, 5.74) is 3.18. The first-order chi connectivity index (χ1) is 8.58. The fraction of sp³-hybridized carbons (Fsp3) is 0.800. The Labute approximate surface area is 111 Å². The maximum atomic E-state index is 4.65. The molecule has 1 fully saturated rings. The Morgan fingerprint density at radius 2 is 2.11 bits per heavy atom. The summed E-state index contributed by atoms with van der Waals surface area (Å²) in [7, 11) is 0. The standard InChI is InChI=1S/C15H27N3/c1-5-13-9-14(18(6-2)17-13)10-15(7-8-15)11-16-12(3)4/h9,12,16H,5-8,10-11H2,1-4H3. The summed E-state index contributed by atoms with van der Waals surface area (Å²) in [6.07, 6.45) is 4.96. The molecule has 3 nitrogen and oxygen atoms in total. The van der Waals surface area contributed by atoms with Crippen LogP contribution in [0.15, 0.2) is 6.07 Å². The fourth-order valence-electron chi connectivity index (χ4n) is 2.50. The average molecular weight is 249 g/mol. The molecule has 1 aliphatic carbocycles. The third kappa shape index (κ3) is 3.14. The molecule has 0 aromatic carbocycles. The van der Waals surface area contributed by atoms with Crippen molar-refractivity contribution in [1.82, 2.24) is 15.1 Å². The minimum atomic E-state index is 0.516. The summed E-state index contributed by atoms with van der Waals surface area (Å²) in [4.78, 5) is 0. The molecule has 1 saturated carbocycles. The van der Waals surface area contributed by atoms with Gasteiger partial charge >= 0.3 is 0 Å². The van der Waals surface area contributed by atoms with Gasteiger partial charge in [0, 0.05) is 24.8 Å². The summed E-state index contributed by atoms with van der Waals surface area (Å²) in [6, 6.07) is 2.89. The average Bonchev–Trinajstić information content (AvgIpc) is 2.99.